The van der Waals surface area contributed by atoms with Gasteiger partial charge in [-0.15, -0.1) is 0 Å². The number of hydrogen-bond acceptors (Lipinski definition) is 3. The lowest BCUT2D eigenvalue weighted by atomic mass is 10.1. The summed E-state index contributed by atoms with van der Waals surface area (Å²) in [4.78, 5) is 18.2. The summed E-state index contributed by atoms with van der Waals surface area (Å²) < 4.78 is 43.4. The molecule has 0 unspecified atom stereocenters. The molecule has 1 heterocycles. The summed E-state index contributed by atoms with van der Waals surface area (Å²) in [5, 5.41) is 0. The zero-order valence-corrected chi connectivity index (χ0v) is 16.4. The number of anilines is 1. The number of pyridine rings is 1. The molecule has 0 radical (unpaired) electrons. The number of methoxy groups -OCH3 is 1. The van der Waals surface area contributed by atoms with Gasteiger partial charge >= 0.3 is 6.18 Å². The number of halogens is 3. The third-order valence-corrected chi connectivity index (χ3v) is 4.60. The van der Waals surface area contributed by atoms with Gasteiger partial charge in [-0.25, -0.2) is 0 Å². The zero-order valence-electron chi connectivity index (χ0n) is 16.4. The fourth-order valence-corrected chi connectivity index (χ4v) is 3.02. The molecule has 1 amide bonds. The maximum absolute atomic E-state index is 13.0. The average molecular weight is 414 g/mol. The molecule has 30 heavy (non-hydrogen) atoms. The summed E-state index contributed by atoms with van der Waals surface area (Å²) in [7, 11) is 1.54. The first-order chi connectivity index (χ1) is 14.4. The lowest BCUT2D eigenvalue weighted by Crippen LogP contribution is -2.34. The Balaban J connectivity index is 1.79. The Morgan fingerprint density at radius 1 is 1.00 bits per heavy atom. The number of carbonyl (C=O) groups excluding carboxylic acids is 1. The third kappa shape index (κ3) is 5.59. The summed E-state index contributed by atoms with van der Waals surface area (Å²) in [5.41, 5.74) is 1.22. The number of aromatic nitrogens is 1. The molecule has 0 fully saturated rings. The van der Waals surface area contributed by atoms with Crippen molar-refractivity contribution in [1.82, 2.24) is 4.98 Å². The standard InChI is InChI=1S/C23H21F3N2O2/c1-30-20-9-5-8-19(15-20)28(22(29)14-17-6-3-2-4-7-17)13-12-18-10-11-21(27-16-18)23(24,25)26/h2-11,15-16H,12-14H2,1H3. The van der Waals surface area contributed by atoms with Crippen molar-refractivity contribution < 1.29 is 22.7 Å². The Bertz CT molecular complexity index is 974. The summed E-state index contributed by atoms with van der Waals surface area (Å²) in [6.07, 6.45) is -2.70. The zero-order chi connectivity index (χ0) is 21.6. The van der Waals surface area contributed by atoms with Crippen LogP contribution in [0.25, 0.3) is 0 Å². The Hall–Kier alpha value is -3.35. The molecular weight excluding hydrogens is 393 g/mol. The summed E-state index contributed by atoms with van der Waals surface area (Å²) in [6.45, 7) is 0.297. The van der Waals surface area contributed by atoms with E-state index in [1.165, 1.54) is 12.3 Å². The van der Waals surface area contributed by atoms with E-state index in [0.29, 0.717) is 30.0 Å². The van der Waals surface area contributed by atoms with Gasteiger partial charge in [0.25, 0.3) is 0 Å². The van der Waals surface area contributed by atoms with Crippen LogP contribution in [0.15, 0.2) is 72.9 Å². The topological polar surface area (TPSA) is 42.4 Å². The predicted octanol–water partition coefficient (Wildman–Crippen LogP) is 4.93. The van der Waals surface area contributed by atoms with Gasteiger partial charge < -0.3 is 9.64 Å². The van der Waals surface area contributed by atoms with Crippen LogP contribution in [0, 0.1) is 0 Å². The fraction of sp³-hybridized carbons (Fsp3) is 0.217. The number of carbonyl (C=O) groups is 1. The van der Waals surface area contributed by atoms with Gasteiger partial charge in [-0.3, -0.25) is 9.78 Å². The van der Waals surface area contributed by atoms with Crippen molar-refractivity contribution in [2.45, 2.75) is 19.0 Å². The Labute approximate surface area is 172 Å². The van der Waals surface area contributed by atoms with Gasteiger partial charge in [-0.1, -0.05) is 42.5 Å². The second kappa shape index (κ2) is 9.43. The van der Waals surface area contributed by atoms with E-state index in [1.807, 2.05) is 30.3 Å². The highest BCUT2D eigenvalue weighted by atomic mass is 19.4. The average Bonchev–Trinajstić information content (AvgIpc) is 2.74. The molecule has 0 spiro atoms. The summed E-state index contributed by atoms with van der Waals surface area (Å²) in [5.74, 6) is 0.496. The molecule has 0 saturated carbocycles. The van der Waals surface area contributed by atoms with E-state index < -0.39 is 11.9 Å². The number of nitrogens with zero attached hydrogens (tertiary/aromatic N) is 2. The van der Waals surface area contributed by atoms with Crippen molar-refractivity contribution in [3.63, 3.8) is 0 Å². The molecule has 1 aromatic heterocycles. The highest BCUT2D eigenvalue weighted by Gasteiger charge is 2.32. The first kappa shape index (κ1) is 21.4. The van der Waals surface area contributed by atoms with Gasteiger partial charge in [0.05, 0.1) is 13.5 Å². The summed E-state index contributed by atoms with van der Waals surface area (Å²) >= 11 is 0. The molecule has 3 rings (SSSR count). The molecule has 0 aliphatic rings. The molecule has 4 nitrogen and oxygen atoms in total. The van der Waals surface area contributed by atoms with Crippen LogP contribution in [0.3, 0.4) is 0 Å². The first-order valence-electron chi connectivity index (χ1n) is 9.37. The molecule has 0 aliphatic carbocycles. The van der Waals surface area contributed by atoms with Crippen LogP contribution in [-0.4, -0.2) is 24.5 Å². The van der Waals surface area contributed by atoms with Gasteiger partial charge in [0.15, 0.2) is 0 Å². The number of amides is 1. The first-order valence-corrected chi connectivity index (χ1v) is 9.37. The third-order valence-electron chi connectivity index (χ3n) is 4.60. The second-order valence-electron chi connectivity index (χ2n) is 6.71. The fourth-order valence-electron chi connectivity index (χ4n) is 3.02. The van der Waals surface area contributed by atoms with Gasteiger partial charge in [0, 0.05) is 24.5 Å². The highest BCUT2D eigenvalue weighted by Crippen LogP contribution is 2.27. The molecule has 3 aromatic rings. The smallest absolute Gasteiger partial charge is 0.433 e. The molecule has 2 aromatic carbocycles. The van der Waals surface area contributed by atoms with Crippen LogP contribution in [0.2, 0.25) is 0 Å². The molecule has 0 saturated heterocycles. The maximum Gasteiger partial charge on any atom is 0.433 e. The quantitative estimate of drug-likeness (QED) is 0.551. The number of alkyl halides is 3. The number of hydrogen-bond donors (Lipinski definition) is 0. The van der Waals surface area contributed by atoms with Gasteiger partial charge in [-0.05, 0) is 35.7 Å². The molecule has 156 valence electrons. The minimum absolute atomic E-state index is 0.116. The molecular formula is C23H21F3N2O2. The van der Waals surface area contributed by atoms with E-state index in [0.717, 1.165) is 11.6 Å². The molecule has 0 N–H and O–H groups in total. The maximum atomic E-state index is 13.0. The van der Waals surface area contributed by atoms with Crippen molar-refractivity contribution in [1.29, 1.82) is 0 Å². The second-order valence-corrected chi connectivity index (χ2v) is 6.71. The SMILES string of the molecule is COc1cccc(N(CCc2ccc(C(F)(F)F)nc2)C(=O)Cc2ccccc2)c1. The van der Waals surface area contributed by atoms with Crippen molar-refractivity contribution in [3.05, 3.63) is 89.7 Å². The van der Waals surface area contributed by atoms with Gasteiger partial charge in [0.1, 0.15) is 11.4 Å². The van der Waals surface area contributed by atoms with Crippen molar-refractivity contribution in [2.24, 2.45) is 0 Å². The van der Waals surface area contributed by atoms with Crippen LogP contribution >= 0.6 is 0 Å². The largest absolute Gasteiger partial charge is 0.497 e. The monoisotopic (exact) mass is 414 g/mol. The normalized spacial score (nSPS) is 11.2. The van der Waals surface area contributed by atoms with Crippen molar-refractivity contribution >= 4 is 11.6 Å². The minimum Gasteiger partial charge on any atom is -0.497 e. The highest BCUT2D eigenvalue weighted by molar-refractivity contribution is 5.95. The van der Waals surface area contributed by atoms with E-state index in [1.54, 1.807) is 36.3 Å². The van der Waals surface area contributed by atoms with Crippen LogP contribution in [0.1, 0.15) is 16.8 Å². The van der Waals surface area contributed by atoms with E-state index in [-0.39, 0.29) is 12.3 Å². The number of rotatable bonds is 7. The van der Waals surface area contributed by atoms with Crippen molar-refractivity contribution in [2.75, 3.05) is 18.6 Å². The van der Waals surface area contributed by atoms with Crippen LogP contribution in [0.5, 0.6) is 5.75 Å². The molecule has 0 bridgehead atoms. The van der Waals surface area contributed by atoms with Crippen LogP contribution in [-0.2, 0) is 23.8 Å². The molecule has 0 atom stereocenters. The van der Waals surface area contributed by atoms with E-state index >= 15 is 0 Å². The number of benzene rings is 2. The van der Waals surface area contributed by atoms with Crippen LogP contribution < -0.4 is 9.64 Å². The van der Waals surface area contributed by atoms with E-state index in [2.05, 4.69) is 4.98 Å². The minimum atomic E-state index is -4.48. The van der Waals surface area contributed by atoms with Gasteiger partial charge in [-0.2, -0.15) is 13.2 Å². The predicted molar refractivity (Wildman–Crippen MR) is 108 cm³/mol. The Kier molecular flexibility index (Phi) is 6.72. The molecule has 0 aliphatic heterocycles. The lowest BCUT2D eigenvalue weighted by molar-refractivity contribution is -0.141. The lowest BCUT2D eigenvalue weighted by Gasteiger charge is -2.23. The van der Waals surface area contributed by atoms with E-state index in [4.69, 9.17) is 4.74 Å². The van der Waals surface area contributed by atoms with Crippen molar-refractivity contribution in [3.8, 4) is 5.75 Å². The molecule has 7 heteroatoms. The number of ether oxygens (including phenoxy) is 1. The Morgan fingerprint density at radius 2 is 1.77 bits per heavy atom. The van der Waals surface area contributed by atoms with E-state index in [9.17, 15) is 18.0 Å². The summed E-state index contributed by atoms with van der Waals surface area (Å²) in [6, 6.07) is 18.8. The Morgan fingerprint density at radius 3 is 2.40 bits per heavy atom. The van der Waals surface area contributed by atoms with Crippen LogP contribution in [0.4, 0.5) is 18.9 Å². The van der Waals surface area contributed by atoms with Gasteiger partial charge in [0.2, 0.25) is 5.91 Å².